The van der Waals surface area contributed by atoms with Crippen LogP contribution in [-0.4, -0.2) is 56.7 Å². The second-order valence-electron chi connectivity index (χ2n) is 4.97. The van der Waals surface area contributed by atoms with E-state index >= 15 is 0 Å². The van der Waals surface area contributed by atoms with Crippen molar-refractivity contribution in [2.24, 2.45) is 0 Å². The van der Waals surface area contributed by atoms with Gasteiger partial charge < -0.3 is 24.6 Å². The second-order valence-corrected chi connectivity index (χ2v) is 4.97. The number of aliphatic hydroxyl groups is 1. The quantitative estimate of drug-likeness (QED) is 0.633. The standard InChI is InChI=1S/C16H25NO5/c1-4-21-16(19)13-5-7-15(8-6-13)22-11-14(18)9-17-12(2)10-20-3/h5-8,12,14,17-18H,4,9-11H2,1-3H3/t12-,14-/m1/s1. The van der Waals surface area contributed by atoms with Crippen molar-refractivity contribution in [3.05, 3.63) is 29.8 Å². The minimum Gasteiger partial charge on any atom is -0.491 e. The van der Waals surface area contributed by atoms with E-state index in [0.717, 1.165) is 0 Å². The number of aliphatic hydroxyl groups excluding tert-OH is 1. The van der Waals surface area contributed by atoms with Gasteiger partial charge in [-0.15, -0.1) is 0 Å². The molecule has 0 fully saturated rings. The summed E-state index contributed by atoms with van der Waals surface area (Å²) in [6.45, 7) is 5.26. The van der Waals surface area contributed by atoms with Gasteiger partial charge in [-0.2, -0.15) is 0 Å². The molecule has 0 unspecified atom stereocenters. The predicted molar refractivity (Wildman–Crippen MR) is 83.2 cm³/mol. The third kappa shape index (κ3) is 6.89. The van der Waals surface area contributed by atoms with Crippen molar-refractivity contribution in [2.75, 3.05) is 33.5 Å². The van der Waals surface area contributed by atoms with E-state index in [4.69, 9.17) is 14.2 Å². The summed E-state index contributed by atoms with van der Waals surface area (Å²) in [6.07, 6.45) is -0.621. The molecule has 0 amide bonds. The highest BCUT2D eigenvalue weighted by atomic mass is 16.5. The lowest BCUT2D eigenvalue weighted by molar-refractivity contribution is 0.0526. The molecule has 0 bridgehead atoms. The van der Waals surface area contributed by atoms with Crippen LogP contribution in [0.15, 0.2) is 24.3 Å². The Morgan fingerprint density at radius 2 is 1.95 bits per heavy atom. The van der Waals surface area contributed by atoms with Gasteiger partial charge in [0.1, 0.15) is 18.5 Å². The summed E-state index contributed by atoms with van der Waals surface area (Å²) >= 11 is 0. The number of hydrogen-bond donors (Lipinski definition) is 2. The predicted octanol–water partition coefficient (Wildman–Crippen LogP) is 1.23. The highest BCUT2D eigenvalue weighted by Gasteiger charge is 2.09. The summed E-state index contributed by atoms with van der Waals surface area (Å²) in [5.74, 6) is 0.238. The van der Waals surface area contributed by atoms with Crippen LogP contribution < -0.4 is 10.1 Å². The van der Waals surface area contributed by atoms with Crippen molar-refractivity contribution in [3.8, 4) is 5.75 Å². The molecule has 0 saturated heterocycles. The smallest absolute Gasteiger partial charge is 0.338 e. The lowest BCUT2D eigenvalue weighted by atomic mass is 10.2. The number of esters is 1. The number of benzene rings is 1. The van der Waals surface area contributed by atoms with Crippen molar-refractivity contribution in [3.63, 3.8) is 0 Å². The second kappa shape index (κ2) is 10.2. The van der Waals surface area contributed by atoms with E-state index in [1.807, 2.05) is 6.92 Å². The molecular weight excluding hydrogens is 286 g/mol. The molecule has 0 spiro atoms. The summed E-state index contributed by atoms with van der Waals surface area (Å²) in [7, 11) is 1.64. The van der Waals surface area contributed by atoms with Crippen LogP contribution in [0.2, 0.25) is 0 Å². The first-order valence-electron chi connectivity index (χ1n) is 7.37. The fourth-order valence-corrected chi connectivity index (χ4v) is 1.80. The van der Waals surface area contributed by atoms with E-state index in [1.165, 1.54) is 0 Å². The van der Waals surface area contributed by atoms with E-state index in [1.54, 1.807) is 38.3 Å². The molecule has 0 aliphatic heterocycles. The van der Waals surface area contributed by atoms with Crippen molar-refractivity contribution < 1.29 is 24.1 Å². The molecule has 0 aliphatic rings. The third-order valence-electron chi connectivity index (χ3n) is 2.93. The molecule has 124 valence electrons. The van der Waals surface area contributed by atoms with Crippen molar-refractivity contribution in [1.82, 2.24) is 5.32 Å². The Balaban J connectivity index is 2.33. The van der Waals surface area contributed by atoms with Crippen LogP contribution in [0.1, 0.15) is 24.2 Å². The first-order valence-corrected chi connectivity index (χ1v) is 7.37. The van der Waals surface area contributed by atoms with Gasteiger partial charge in [0.25, 0.3) is 0 Å². The lowest BCUT2D eigenvalue weighted by Crippen LogP contribution is -2.38. The lowest BCUT2D eigenvalue weighted by Gasteiger charge is -2.17. The molecule has 2 atom stereocenters. The van der Waals surface area contributed by atoms with Crippen LogP contribution in [0.3, 0.4) is 0 Å². The van der Waals surface area contributed by atoms with E-state index in [0.29, 0.717) is 31.1 Å². The minimum absolute atomic E-state index is 0.170. The third-order valence-corrected chi connectivity index (χ3v) is 2.93. The molecule has 0 radical (unpaired) electrons. The molecule has 0 heterocycles. The van der Waals surface area contributed by atoms with E-state index in [-0.39, 0.29) is 18.6 Å². The van der Waals surface area contributed by atoms with Crippen LogP contribution in [-0.2, 0) is 9.47 Å². The Bertz CT molecular complexity index is 435. The monoisotopic (exact) mass is 311 g/mol. The van der Waals surface area contributed by atoms with Crippen molar-refractivity contribution >= 4 is 5.97 Å². The SMILES string of the molecule is CCOC(=O)c1ccc(OC[C@H](O)CN[C@H](C)COC)cc1. The first-order chi connectivity index (χ1) is 10.6. The van der Waals surface area contributed by atoms with Gasteiger partial charge in [-0.05, 0) is 38.1 Å². The Labute approximate surface area is 131 Å². The Kier molecular flexibility index (Phi) is 8.50. The van der Waals surface area contributed by atoms with E-state index in [9.17, 15) is 9.90 Å². The van der Waals surface area contributed by atoms with Crippen LogP contribution in [0.4, 0.5) is 0 Å². The Morgan fingerprint density at radius 3 is 2.55 bits per heavy atom. The molecule has 0 aromatic heterocycles. The number of carbonyl (C=O) groups excluding carboxylic acids is 1. The topological polar surface area (TPSA) is 77.0 Å². The van der Waals surface area contributed by atoms with Gasteiger partial charge in [-0.25, -0.2) is 4.79 Å². The van der Waals surface area contributed by atoms with Gasteiger partial charge in [0.05, 0.1) is 18.8 Å². The Morgan fingerprint density at radius 1 is 1.27 bits per heavy atom. The highest BCUT2D eigenvalue weighted by Crippen LogP contribution is 2.13. The minimum atomic E-state index is -0.621. The Hall–Kier alpha value is -1.63. The molecule has 0 saturated carbocycles. The summed E-state index contributed by atoms with van der Waals surface area (Å²) in [6, 6.07) is 6.81. The summed E-state index contributed by atoms with van der Waals surface area (Å²) in [5.41, 5.74) is 0.477. The van der Waals surface area contributed by atoms with Gasteiger partial charge in [0.2, 0.25) is 0 Å². The van der Waals surface area contributed by atoms with Gasteiger partial charge in [-0.3, -0.25) is 0 Å². The average Bonchev–Trinajstić information content (AvgIpc) is 2.52. The van der Waals surface area contributed by atoms with Crippen molar-refractivity contribution in [2.45, 2.75) is 26.0 Å². The summed E-state index contributed by atoms with van der Waals surface area (Å²) in [4.78, 5) is 11.5. The van der Waals surface area contributed by atoms with Crippen molar-refractivity contribution in [1.29, 1.82) is 0 Å². The van der Waals surface area contributed by atoms with Gasteiger partial charge in [0, 0.05) is 19.7 Å². The normalized spacial score (nSPS) is 13.5. The maximum atomic E-state index is 11.5. The van der Waals surface area contributed by atoms with Gasteiger partial charge >= 0.3 is 5.97 Å². The van der Waals surface area contributed by atoms with E-state index in [2.05, 4.69) is 5.32 Å². The van der Waals surface area contributed by atoms with Gasteiger partial charge in [-0.1, -0.05) is 0 Å². The van der Waals surface area contributed by atoms with E-state index < -0.39 is 6.10 Å². The first kappa shape index (κ1) is 18.4. The maximum Gasteiger partial charge on any atom is 0.338 e. The number of hydrogen-bond acceptors (Lipinski definition) is 6. The molecule has 0 aliphatic carbocycles. The van der Waals surface area contributed by atoms with Crippen LogP contribution in [0, 0.1) is 0 Å². The molecule has 1 aromatic rings. The number of methoxy groups -OCH3 is 1. The number of rotatable bonds is 10. The fraction of sp³-hybridized carbons (Fsp3) is 0.562. The highest BCUT2D eigenvalue weighted by molar-refractivity contribution is 5.89. The van der Waals surface area contributed by atoms with Crippen LogP contribution >= 0.6 is 0 Å². The molecule has 6 nitrogen and oxygen atoms in total. The van der Waals surface area contributed by atoms with Crippen LogP contribution in [0.5, 0.6) is 5.75 Å². The number of nitrogens with one attached hydrogen (secondary N) is 1. The maximum absolute atomic E-state index is 11.5. The zero-order chi connectivity index (χ0) is 16.4. The molecular formula is C16H25NO5. The molecule has 1 rings (SSSR count). The average molecular weight is 311 g/mol. The largest absolute Gasteiger partial charge is 0.491 e. The fourth-order valence-electron chi connectivity index (χ4n) is 1.80. The molecule has 2 N–H and O–H groups in total. The summed E-state index contributed by atoms with van der Waals surface area (Å²) in [5, 5.41) is 13.0. The number of carbonyl (C=O) groups is 1. The zero-order valence-corrected chi connectivity index (χ0v) is 13.4. The number of ether oxygens (including phenoxy) is 3. The molecule has 6 heteroatoms. The van der Waals surface area contributed by atoms with Gasteiger partial charge in [0.15, 0.2) is 0 Å². The molecule has 22 heavy (non-hydrogen) atoms. The van der Waals surface area contributed by atoms with Crippen LogP contribution in [0.25, 0.3) is 0 Å². The zero-order valence-electron chi connectivity index (χ0n) is 13.4. The molecule has 1 aromatic carbocycles. The summed E-state index contributed by atoms with van der Waals surface area (Å²) < 4.78 is 15.4.